The molecule has 0 spiro atoms. The smallest absolute Gasteiger partial charge is 0.222 e. The molecule has 5 N–H and O–H groups in total. The molecule has 1 aromatic heterocycles. The molecule has 3 rings (SSSR count). The third kappa shape index (κ3) is 3.52. The summed E-state index contributed by atoms with van der Waals surface area (Å²) in [6.45, 7) is 0.568. The lowest BCUT2D eigenvalue weighted by Gasteiger charge is -2.10. The maximum absolute atomic E-state index is 6.26. The molecule has 0 atom stereocenters. The third-order valence-corrected chi connectivity index (χ3v) is 3.74. The molecule has 0 aliphatic heterocycles. The number of aromatic nitrogens is 2. The topological polar surface area (TPSA) is 89.8 Å². The van der Waals surface area contributed by atoms with Gasteiger partial charge in [0.2, 0.25) is 5.95 Å². The number of benzene rings is 2. The van der Waals surface area contributed by atoms with Gasteiger partial charge in [0.1, 0.15) is 0 Å². The van der Waals surface area contributed by atoms with Crippen LogP contribution in [0.15, 0.2) is 54.7 Å². The number of hydrogen-bond acceptors (Lipinski definition) is 5. The molecule has 0 saturated carbocycles. The quantitative estimate of drug-likeness (QED) is 0.682. The fraction of sp³-hybridized carbons (Fsp3) is 0.0588. The Labute approximate surface area is 139 Å². The molecule has 0 aliphatic rings. The van der Waals surface area contributed by atoms with Gasteiger partial charge in [0, 0.05) is 17.1 Å². The van der Waals surface area contributed by atoms with Gasteiger partial charge in [0.15, 0.2) is 5.82 Å². The maximum atomic E-state index is 6.26. The zero-order chi connectivity index (χ0) is 16.2. The van der Waals surface area contributed by atoms with Gasteiger partial charge in [-0.25, -0.2) is 4.98 Å². The predicted molar refractivity (Wildman–Crippen MR) is 95.1 cm³/mol. The SMILES string of the molecule is Nc1ncc(N)c(NCc2cccc(-c3ccccc3Cl)c2)n1. The van der Waals surface area contributed by atoms with E-state index in [0.29, 0.717) is 18.1 Å². The van der Waals surface area contributed by atoms with Crippen LogP contribution in [0.5, 0.6) is 0 Å². The number of nitrogens with two attached hydrogens (primary N) is 2. The highest BCUT2D eigenvalue weighted by Gasteiger charge is 2.05. The van der Waals surface area contributed by atoms with E-state index in [2.05, 4.69) is 21.4 Å². The van der Waals surface area contributed by atoms with Crippen molar-refractivity contribution in [1.82, 2.24) is 9.97 Å². The van der Waals surface area contributed by atoms with Crippen LogP contribution in [0.2, 0.25) is 5.02 Å². The van der Waals surface area contributed by atoms with Crippen molar-refractivity contribution in [3.63, 3.8) is 0 Å². The standard InChI is InChI=1S/C17H16ClN5/c18-14-7-2-1-6-13(14)12-5-3-4-11(8-12)9-21-16-15(19)10-22-17(20)23-16/h1-8,10H,9,19H2,(H3,20,21,22,23). The molecule has 23 heavy (non-hydrogen) atoms. The number of rotatable bonds is 4. The molecule has 6 heteroatoms. The van der Waals surface area contributed by atoms with Gasteiger partial charge in [-0.05, 0) is 23.3 Å². The second-order valence-electron chi connectivity index (χ2n) is 5.07. The van der Waals surface area contributed by atoms with E-state index in [0.717, 1.165) is 21.7 Å². The summed E-state index contributed by atoms with van der Waals surface area (Å²) < 4.78 is 0. The molecule has 3 aromatic rings. The molecular weight excluding hydrogens is 310 g/mol. The van der Waals surface area contributed by atoms with E-state index >= 15 is 0 Å². The van der Waals surface area contributed by atoms with Crippen LogP contribution in [0.25, 0.3) is 11.1 Å². The van der Waals surface area contributed by atoms with Gasteiger partial charge in [-0.15, -0.1) is 0 Å². The Morgan fingerprint density at radius 1 is 1.04 bits per heavy atom. The largest absolute Gasteiger partial charge is 0.394 e. The fourth-order valence-corrected chi connectivity index (χ4v) is 2.52. The molecule has 0 amide bonds. The first-order chi connectivity index (χ1) is 11.1. The molecule has 1 heterocycles. The van der Waals surface area contributed by atoms with Crippen molar-refractivity contribution >= 4 is 29.1 Å². The summed E-state index contributed by atoms with van der Waals surface area (Å²) in [4.78, 5) is 7.94. The number of nitrogens with zero attached hydrogens (tertiary/aromatic N) is 2. The molecule has 0 unspecified atom stereocenters. The lowest BCUT2D eigenvalue weighted by atomic mass is 10.0. The zero-order valence-electron chi connectivity index (χ0n) is 12.3. The molecule has 2 aromatic carbocycles. The average Bonchev–Trinajstić information content (AvgIpc) is 2.56. The number of halogens is 1. The maximum Gasteiger partial charge on any atom is 0.222 e. The van der Waals surface area contributed by atoms with Crippen molar-refractivity contribution in [1.29, 1.82) is 0 Å². The van der Waals surface area contributed by atoms with Crippen molar-refractivity contribution < 1.29 is 0 Å². The van der Waals surface area contributed by atoms with Crippen LogP contribution in [-0.4, -0.2) is 9.97 Å². The molecule has 0 aliphatic carbocycles. The minimum atomic E-state index is 0.187. The van der Waals surface area contributed by atoms with E-state index in [-0.39, 0.29) is 5.95 Å². The molecule has 0 saturated heterocycles. The molecule has 0 fully saturated rings. The first-order valence-corrected chi connectivity index (χ1v) is 7.47. The Hall–Kier alpha value is -2.79. The summed E-state index contributed by atoms with van der Waals surface area (Å²) >= 11 is 6.26. The Morgan fingerprint density at radius 3 is 2.70 bits per heavy atom. The minimum Gasteiger partial charge on any atom is -0.394 e. The summed E-state index contributed by atoms with van der Waals surface area (Å²) in [6.07, 6.45) is 1.49. The van der Waals surface area contributed by atoms with Crippen molar-refractivity contribution in [2.75, 3.05) is 16.8 Å². The number of nitrogen functional groups attached to an aromatic ring is 2. The van der Waals surface area contributed by atoms with Crippen molar-refractivity contribution in [2.24, 2.45) is 0 Å². The van der Waals surface area contributed by atoms with Gasteiger partial charge >= 0.3 is 0 Å². The molecular formula is C17H16ClN5. The third-order valence-electron chi connectivity index (χ3n) is 3.41. The van der Waals surface area contributed by atoms with Crippen LogP contribution in [0.1, 0.15) is 5.56 Å². The molecule has 5 nitrogen and oxygen atoms in total. The minimum absolute atomic E-state index is 0.187. The summed E-state index contributed by atoms with van der Waals surface area (Å²) in [5.41, 5.74) is 15.0. The van der Waals surface area contributed by atoms with Gasteiger partial charge in [-0.1, -0.05) is 48.0 Å². The summed E-state index contributed by atoms with van der Waals surface area (Å²) in [6, 6.07) is 15.9. The first-order valence-electron chi connectivity index (χ1n) is 7.09. The van der Waals surface area contributed by atoms with Gasteiger partial charge in [-0.3, -0.25) is 0 Å². The predicted octanol–water partition coefficient (Wildman–Crippen LogP) is 3.57. The second-order valence-corrected chi connectivity index (χ2v) is 5.47. The monoisotopic (exact) mass is 325 g/mol. The Balaban J connectivity index is 1.81. The van der Waals surface area contributed by atoms with Gasteiger partial charge in [-0.2, -0.15) is 4.98 Å². The average molecular weight is 326 g/mol. The van der Waals surface area contributed by atoms with E-state index in [9.17, 15) is 0 Å². The van der Waals surface area contributed by atoms with Gasteiger partial charge < -0.3 is 16.8 Å². The lowest BCUT2D eigenvalue weighted by molar-refractivity contribution is 1.09. The van der Waals surface area contributed by atoms with Gasteiger partial charge in [0.25, 0.3) is 0 Å². The summed E-state index contributed by atoms with van der Waals surface area (Å²) in [7, 11) is 0. The normalized spacial score (nSPS) is 10.5. The van der Waals surface area contributed by atoms with E-state index in [1.165, 1.54) is 6.20 Å². The van der Waals surface area contributed by atoms with E-state index in [4.69, 9.17) is 23.1 Å². The fourth-order valence-electron chi connectivity index (χ4n) is 2.28. The van der Waals surface area contributed by atoms with Crippen molar-refractivity contribution in [2.45, 2.75) is 6.54 Å². The Kier molecular flexibility index (Phi) is 4.30. The first kappa shape index (κ1) is 15.1. The number of nitrogens with one attached hydrogen (secondary N) is 1. The van der Waals surface area contributed by atoms with Crippen LogP contribution in [-0.2, 0) is 6.54 Å². The van der Waals surface area contributed by atoms with Crippen LogP contribution in [0.4, 0.5) is 17.5 Å². The highest BCUT2D eigenvalue weighted by Crippen LogP contribution is 2.28. The van der Waals surface area contributed by atoms with E-state index < -0.39 is 0 Å². The van der Waals surface area contributed by atoms with Crippen molar-refractivity contribution in [3.05, 3.63) is 65.3 Å². The van der Waals surface area contributed by atoms with Crippen molar-refractivity contribution in [3.8, 4) is 11.1 Å². The molecule has 0 bridgehead atoms. The highest BCUT2D eigenvalue weighted by atomic mass is 35.5. The number of anilines is 3. The Morgan fingerprint density at radius 2 is 1.87 bits per heavy atom. The van der Waals surface area contributed by atoms with Crippen LogP contribution >= 0.6 is 11.6 Å². The van der Waals surface area contributed by atoms with Gasteiger partial charge in [0.05, 0.1) is 11.9 Å². The molecule has 116 valence electrons. The lowest BCUT2D eigenvalue weighted by Crippen LogP contribution is -2.07. The van der Waals surface area contributed by atoms with E-state index in [1.807, 2.05) is 42.5 Å². The molecule has 0 radical (unpaired) electrons. The number of hydrogen-bond donors (Lipinski definition) is 3. The zero-order valence-corrected chi connectivity index (χ0v) is 13.1. The summed E-state index contributed by atoms with van der Waals surface area (Å²) in [5, 5.41) is 3.90. The van der Waals surface area contributed by atoms with E-state index in [1.54, 1.807) is 0 Å². The second kappa shape index (κ2) is 6.54. The Bertz CT molecular complexity index is 835. The van der Waals surface area contributed by atoms with Crippen LogP contribution < -0.4 is 16.8 Å². The van der Waals surface area contributed by atoms with Crippen LogP contribution in [0, 0.1) is 0 Å². The summed E-state index contributed by atoms with van der Waals surface area (Å²) in [5.74, 6) is 0.715. The van der Waals surface area contributed by atoms with Crippen LogP contribution in [0.3, 0.4) is 0 Å². The highest BCUT2D eigenvalue weighted by molar-refractivity contribution is 6.33.